The lowest BCUT2D eigenvalue weighted by Crippen LogP contribution is -2.23. The van der Waals surface area contributed by atoms with Crippen LogP contribution in [0.15, 0.2) is 48.5 Å². The summed E-state index contributed by atoms with van der Waals surface area (Å²) in [4.78, 5) is 14.7. The molecule has 1 N–H and O–H groups in total. The normalized spacial score (nSPS) is 14.8. The Bertz CT molecular complexity index is 663. The second-order valence-electron chi connectivity index (χ2n) is 5.99. The highest BCUT2D eigenvalue weighted by molar-refractivity contribution is 14.1. The molecule has 1 amide bonds. The summed E-state index contributed by atoms with van der Waals surface area (Å²) in [5, 5.41) is 3.00. The molecule has 1 heterocycles. The molecule has 0 spiro atoms. The van der Waals surface area contributed by atoms with Gasteiger partial charge in [0.2, 0.25) is 0 Å². The monoisotopic (exact) mass is 420 g/mol. The molecule has 1 saturated heterocycles. The molecular weight excluding hydrogens is 399 g/mol. The van der Waals surface area contributed by atoms with Crippen LogP contribution in [0.1, 0.15) is 34.3 Å². The number of likely N-dealkylation sites (tertiary alicyclic amines) is 1. The summed E-state index contributed by atoms with van der Waals surface area (Å²) in [5.41, 5.74) is 3.19. The van der Waals surface area contributed by atoms with Crippen molar-refractivity contribution in [1.82, 2.24) is 10.2 Å². The Morgan fingerprint density at radius 1 is 1.04 bits per heavy atom. The van der Waals surface area contributed by atoms with Crippen LogP contribution in [0.2, 0.25) is 0 Å². The summed E-state index contributed by atoms with van der Waals surface area (Å²) >= 11 is 2.24. The average Bonchev–Trinajstić information content (AvgIpc) is 3.07. The highest BCUT2D eigenvalue weighted by atomic mass is 127. The highest BCUT2D eigenvalue weighted by Crippen LogP contribution is 2.14. The zero-order valence-electron chi connectivity index (χ0n) is 13.1. The number of nitrogens with zero attached hydrogens (tertiary/aromatic N) is 1. The van der Waals surface area contributed by atoms with Crippen molar-refractivity contribution < 1.29 is 4.79 Å². The summed E-state index contributed by atoms with van der Waals surface area (Å²) in [6.07, 6.45) is 2.62. The Morgan fingerprint density at radius 2 is 1.74 bits per heavy atom. The van der Waals surface area contributed by atoms with Crippen LogP contribution < -0.4 is 5.32 Å². The van der Waals surface area contributed by atoms with E-state index in [4.69, 9.17) is 0 Å². The lowest BCUT2D eigenvalue weighted by atomic mass is 10.1. The highest BCUT2D eigenvalue weighted by Gasteiger charge is 2.12. The van der Waals surface area contributed by atoms with Crippen LogP contribution in [0.3, 0.4) is 0 Å². The van der Waals surface area contributed by atoms with Crippen LogP contribution in [0.5, 0.6) is 0 Å². The minimum atomic E-state index is -0.0219. The smallest absolute Gasteiger partial charge is 0.251 e. The van der Waals surface area contributed by atoms with Crippen LogP contribution in [-0.4, -0.2) is 23.9 Å². The summed E-state index contributed by atoms with van der Waals surface area (Å²) < 4.78 is 1.13. The van der Waals surface area contributed by atoms with E-state index >= 15 is 0 Å². The van der Waals surface area contributed by atoms with Crippen LogP contribution in [0.25, 0.3) is 0 Å². The van der Waals surface area contributed by atoms with E-state index in [9.17, 15) is 4.79 Å². The standard InChI is InChI=1S/C19H21IN2O/c20-18-8-6-17(7-9-18)19(23)21-13-15-4-3-5-16(12-15)14-22-10-1-2-11-22/h3-9,12H,1-2,10-11,13-14H2,(H,21,23). The van der Waals surface area contributed by atoms with Crippen molar-refractivity contribution in [2.24, 2.45) is 0 Å². The van der Waals surface area contributed by atoms with E-state index in [-0.39, 0.29) is 5.91 Å². The van der Waals surface area contributed by atoms with Gasteiger partial charge < -0.3 is 5.32 Å². The van der Waals surface area contributed by atoms with Gasteiger partial charge in [-0.2, -0.15) is 0 Å². The minimum absolute atomic E-state index is 0.0219. The second kappa shape index (κ2) is 7.93. The molecule has 0 aromatic heterocycles. The predicted octanol–water partition coefficient (Wildman–Crippen LogP) is 3.82. The van der Waals surface area contributed by atoms with Gasteiger partial charge in [-0.05, 0) is 83.9 Å². The number of benzene rings is 2. The first kappa shape index (κ1) is 16.5. The molecule has 2 aromatic rings. The van der Waals surface area contributed by atoms with Gasteiger partial charge in [0, 0.05) is 22.2 Å². The van der Waals surface area contributed by atoms with Crippen molar-refractivity contribution in [3.05, 3.63) is 68.8 Å². The second-order valence-corrected chi connectivity index (χ2v) is 7.24. The molecule has 0 radical (unpaired) electrons. The summed E-state index contributed by atoms with van der Waals surface area (Å²) in [6, 6.07) is 16.1. The third kappa shape index (κ3) is 4.78. The Kier molecular flexibility index (Phi) is 5.67. The van der Waals surface area contributed by atoms with Crippen molar-refractivity contribution in [2.75, 3.05) is 13.1 Å². The molecule has 1 aliphatic heterocycles. The summed E-state index contributed by atoms with van der Waals surface area (Å²) in [7, 11) is 0. The van der Waals surface area contributed by atoms with Crippen LogP contribution in [0.4, 0.5) is 0 Å². The van der Waals surface area contributed by atoms with Crippen molar-refractivity contribution in [1.29, 1.82) is 0 Å². The van der Waals surface area contributed by atoms with Gasteiger partial charge in [0.05, 0.1) is 0 Å². The maximum absolute atomic E-state index is 12.2. The van der Waals surface area contributed by atoms with Crippen molar-refractivity contribution in [3.8, 4) is 0 Å². The maximum Gasteiger partial charge on any atom is 0.251 e. The summed E-state index contributed by atoms with van der Waals surface area (Å²) in [5.74, 6) is -0.0219. The van der Waals surface area contributed by atoms with E-state index in [1.54, 1.807) is 0 Å². The lowest BCUT2D eigenvalue weighted by molar-refractivity contribution is 0.0951. The maximum atomic E-state index is 12.2. The lowest BCUT2D eigenvalue weighted by Gasteiger charge is -2.15. The molecule has 3 rings (SSSR count). The van der Waals surface area contributed by atoms with Crippen LogP contribution in [-0.2, 0) is 13.1 Å². The van der Waals surface area contributed by atoms with E-state index in [2.05, 4.69) is 57.1 Å². The van der Waals surface area contributed by atoms with Gasteiger partial charge in [-0.15, -0.1) is 0 Å². The fourth-order valence-corrected chi connectivity index (χ4v) is 3.28. The van der Waals surface area contributed by atoms with Gasteiger partial charge in [0.1, 0.15) is 0 Å². The molecule has 1 aliphatic rings. The Labute approximate surface area is 151 Å². The first-order valence-electron chi connectivity index (χ1n) is 8.05. The van der Waals surface area contributed by atoms with E-state index in [1.807, 2.05) is 24.3 Å². The molecule has 0 unspecified atom stereocenters. The average molecular weight is 420 g/mol. The molecule has 23 heavy (non-hydrogen) atoms. The molecule has 0 bridgehead atoms. The minimum Gasteiger partial charge on any atom is -0.348 e. The number of hydrogen-bond donors (Lipinski definition) is 1. The molecule has 0 atom stereocenters. The van der Waals surface area contributed by atoms with E-state index in [0.717, 1.165) is 15.7 Å². The topological polar surface area (TPSA) is 32.3 Å². The van der Waals surface area contributed by atoms with Gasteiger partial charge in [-0.25, -0.2) is 0 Å². The number of nitrogens with one attached hydrogen (secondary N) is 1. The number of rotatable bonds is 5. The molecular formula is C19H21IN2O. The Morgan fingerprint density at radius 3 is 2.48 bits per heavy atom. The molecule has 120 valence electrons. The Hall–Kier alpha value is -1.40. The third-order valence-corrected chi connectivity index (χ3v) is 4.87. The van der Waals surface area contributed by atoms with Crippen LogP contribution >= 0.6 is 22.6 Å². The van der Waals surface area contributed by atoms with Gasteiger partial charge in [-0.1, -0.05) is 24.3 Å². The third-order valence-electron chi connectivity index (χ3n) is 4.16. The Balaban J connectivity index is 1.57. The van der Waals surface area contributed by atoms with Gasteiger partial charge in [0.15, 0.2) is 0 Å². The SMILES string of the molecule is O=C(NCc1cccc(CN2CCCC2)c1)c1ccc(I)cc1. The molecule has 4 heteroatoms. The summed E-state index contributed by atoms with van der Waals surface area (Å²) in [6.45, 7) is 3.99. The first-order valence-corrected chi connectivity index (χ1v) is 9.12. The quantitative estimate of drug-likeness (QED) is 0.747. The molecule has 0 aliphatic carbocycles. The zero-order valence-corrected chi connectivity index (χ0v) is 15.3. The first-order chi connectivity index (χ1) is 11.2. The number of hydrogen-bond acceptors (Lipinski definition) is 2. The van der Waals surface area contributed by atoms with Crippen molar-refractivity contribution >= 4 is 28.5 Å². The fourth-order valence-electron chi connectivity index (χ4n) is 2.92. The molecule has 3 nitrogen and oxygen atoms in total. The van der Waals surface area contributed by atoms with Crippen molar-refractivity contribution in [3.63, 3.8) is 0 Å². The zero-order chi connectivity index (χ0) is 16.1. The molecule has 2 aromatic carbocycles. The number of amides is 1. The largest absolute Gasteiger partial charge is 0.348 e. The fraction of sp³-hybridized carbons (Fsp3) is 0.316. The van der Waals surface area contributed by atoms with E-state index < -0.39 is 0 Å². The van der Waals surface area contributed by atoms with Gasteiger partial charge in [0.25, 0.3) is 5.91 Å². The molecule has 1 fully saturated rings. The molecule has 0 saturated carbocycles. The van der Waals surface area contributed by atoms with Crippen molar-refractivity contribution in [2.45, 2.75) is 25.9 Å². The number of carbonyl (C=O) groups is 1. The van der Waals surface area contributed by atoms with Gasteiger partial charge in [-0.3, -0.25) is 9.69 Å². The van der Waals surface area contributed by atoms with E-state index in [0.29, 0.717) is 12.1 Å². The van der Waals surface area contributed by atoms with E-state index in [1.165, 1.54) is 31.5 Å². The van der Waals surface area contributed by atoms with Gasteiger partial charge >= 0.3 is 0 Å². The number of carbonyl (C=O) groups excluding carboxylic acids is 1. The predicted molar refractivity (Wildman–Crippen MR) is 101 cm³/mol. The van der Waals surface area contributed by atoms with Crippen LogP contribution in [0, 0.1) is 3.57 Å². The number of halogens is 1.